The zero-order chi connectivity index (χ0) is 12.1. The molecule has 17 heavy (non-hydrogen) atoms. The van der Waals surface area contributed by atoms with Gasteiger partial charge < -0.3 is 5.11 Å². The molecule has 2 heterocycles. The number of aliphatic hydroxyl groups excluding tert-OH is 1. The molecule has 1 aliphatic heterocycles. The highest BCUT2D eigenvalue weighted by atomic mass is 79.9. The Morgan fingerprint density at radius 1 is 1.35 bits per heavy atom. The largest absolute Gasteiger partial charge is 0.395 e. The van der Waals surface area contributed by atoms with E-state index in [-0.39, 0.29) is 6.61 Å². The summed E-state index contributed by atoms with van der Waals surface area (Å²) < 4.78 is 1.01. The van der Waals surface area contributed by atoms with E-state index in [1.165, 1.54) is 19.3 Å². The Balaban J connectivity index is 2.01. The van der Waals surface area contributed by atoms with Crippen LogP contribution in [0.3, 0.4) is 0 Å². The summed E-state index contributed by atoms with van der Waals surface area (Å²) >= 11 is 3.39. The quantitative estimate of drug-likeness (QED) is 0.932. The van der Waals surface area contributed by atoms with E-state index in [1.807, 2.05) is 18.3 Å². The predicted octanol–water partition coefficient (Wildman–Crippen LogP) is 2.58. The van der Waals surface area contributed by atoms with Gasteiger partial charge in [-0.05, 0) is 47.4 Å². The average Bonchev–Trinajstić information content (AvgIpc) is 2.57. The molecule has 1 N–H and O–H groups in total. The molecule has 1 aromatic heterocycles. The molecule has 94 valence electrons. The van der Waals surface area contributed by atoms with Gasteiger partial charge in [0.25, 0.3) is 0 Å². The predicted molar refractivity (Wildman–Crippen MR) is 71.7 cm³/mol. The fraction of sp³-hybridized carbons (Fsp3) is 0.615. The molecule has 1 atom stereocenters. The van der Waals surface area contributed by atoms with Crippen molar-refractivity contribution >= 4 is 15.9 Å². The molecule has 1 fully saturated rings. The SMILES string of the molecule is OCC1CCCCCN1Cc1ccc(Br)cn1. The second-order valence-electron chi connectivity index (χ2n) is 4.62. The molecular formula is C13H19BrN2O. The van der Waals surface area contributed by atoms with Gasteiger partial charge in [-0.25, -0.2) is 0 Å². The molecular weight excluding hydrogens is 280 g/mol. The summed E-state index contributed by atoms with van der Waals surface area (Å²) in [4.78, 5) is 6.77. The van der Waals surface area contributed by atoms with Crippen LogP contribution in [0, 0.1) is 0 Å². The minimum atomic E-state index is 0.260. The minimum absolute atomic E-state index is 0.260. The van der Waals surface area contributed by atoms with Gasteiger partial charge in [0, 0.05) is 23.3 Å². The van der Waals surface area contributed by atoms with Crippen molar-refractivity contribution in [2.24, 2.45) is 0 Å². The third kappa shape index (κ3) is 3.76. The number of aromatic nitrogens is 1. The molecule has 0 radical (unpaired) electrons. The highest BCUT2D eigenvalue weighted by Crippen LogP contribution is 2.19. The van der Waals surface area contributed by atoms with Crippen LogP contribution < -0.4 is 0 Å². The van der Waals surface area contributed by atoms with Crippen molar-refractivity contribution in [3.8, 4) is 0 Å². The Kier molecular flexibility index (Phi) is 4.95. The van der Waals surface area contributed by atoms with Crippen LogP contribution >= 0.6 is 15.9 Å². The first-order valence-electron chi connectivity index (χ1n) is 6.25. The van der Waals surface area contributed by atoms with Gasteiger partial charge in [-0.15, -0.1) is 0 Å². The Hall–Kier alpha value is -0.450. The number of pyridine rings is 1. The van der Waals surface area contributed by atoms with Crippen molar-refractivity contribution in [3.05, 3.63) is 28.5 Å². The van der Waals surface area contributed by atoms with Crippen molar-refractivity contribution in [1.82, 2.24) is 9.88 Å². The van der Waals surface area contributed by atoms with Crippen LogP contribution in [0.15, 0.2) is 22.8 Å². The van der Waals surface area contributed by atoms with Gasteiger partial charge >= 0.3 is 0 Å². The van der Waals surface area contributed by atoms with E-state index < -0.39 is 0 Å². The standard InChI is InChI=1S/C13H19BrN2O/c14-11-5-6-12(15-8-11)9-16-7-3-1-2-4-13(16)10-17/h5-6,8,13,17H,1-4,7,9-10H2. The molecule has 1 saturated heterocycles. The zero-order valence-electron chi connectivity index (χ0n) is 9.98. The first-order chi connectivity index (χ1) is 8.29. The highest BCUT2D eigenvalue weighted by molar-refractivity contribution is 9.10. The Morgan fingerprint density at radius 3 is 2.94 bits per heavy atom. The normalized spacial score (nSPS) is 22.4. The molecule has 2 rings (SSSR count). The van der Waals surface area contributed by atoms with Crippen LogP contribution in [-0.2, 0) is 6.54 Å². The molecule has 1 aliphatic rings. The smallest absolute Gasteiger partial charge is 0.0587 e. The second kappa shape index (κ2) is 6.47. The van der Waals surface area contributed by atoms with Gasteiger partial charge in [-0.2, -0.15) is 0 Å². The maximum atomic E-state index is 9.44. The minimum Gasteiger partial charge on any atom is -0.395 e. The fourth-order valence-electron chi connectivity index (χ4n) is 2.36. The van der Waals surface area contributed by atoms with E-state index in [1.54, 1.807) is 0 Å². The molecule has 4 heteroatoms. The molecule has 0 saturated carbocycles. The van der Waals surface area contributed by atoms with Gasteiger partial charge in [0.05, 0.1) is 12.3 Å². The van der Waals surface area contributed by atoms with Crippen molar-refractivity contribution < 1.29 is 5.11 Å². The lowest BCUT2D eigenvalue weighted by molar-refractivity contribution is 0.117. The third-order valence-electron chi connectivity index (χ3n) is 3.36. The fourth-order valence-corrected chi connectivity index (χ4v) is 2.59. The monoisotopic (exact) mass is 298 g/mol. The first-order valence-corrected chi connectivity index (χ1v) is 7.04. The number of likely N-dealkylation sites (tertiary alicyclic amines) is 1. The zero-order valence-corrected chi connectivity index (χ0v) is 11.6. The van der Waals surface area contributed by atoms with E-state index in [0.717, 1.165) is 29.7 Å². The molecule has 0 aromatic carbocycles. The van der Waals surface area contributed by atoms with Gasteiger partial charge in [0.2, 0.25) is 0 Å². The summed E-state index contributed by atoms with van der Waals surface area (Å²) in [6.45, 7) is 2.18. The van der Waals surface area contributed by atoms with Gasteiger partial charge in [0.15, 0.2) is 0 Å². The summed E-state index contributed by atoms with van der Waals surface area (Å²) in [5.74, 6) is 0. The van der Waals surface area contributed by atoms with Gasteiger partial charge in [-0.1, -0.05) is 12.8 Å². The molecule has 0 bridgehead atoms. The van der Waals surface area contributed by atoms with Crippen molar-refractivity contribution in [3.63, 3.8) is 0 Å². The Bertz CT molecular complexity index is 342. The summed E-state index contributed by atoms with van der Waals surface area (Å²) in [7, 11) is 0. The van der Waals surface area contributed by atoms with Crippen LogP contribution in [0.2, 0.25) is 0 Å². The maximum absolute atomic E-state index is 9.44. The van der Waals surface area contributed by atoms with E-state index >= 15 is 0 Å². The van der Waals surface area contributed by atoms with Crippen LogP contribution in [0.5, 0.6) is 0 Å². The average molecular weight is 299 g/mol. The molecule has 1 aromatic rings. The molecule has 3 nitrogen and oxygen atoms in total. The number of nitrogens with zero attached hydrogens (tertiary/aromatic N) is 2. The van der Waals surface area contributed by atoms with E-state index in [2.05, 4.69) is 25.8 Å². The summed E-state index contributed by atoms with van der Waals surface area (Å²) in [5.41, 5.74) is 1.08. The van der Waals surface area contributed by atoms with Crippen LogP contribution in [0.4, 0.5) is 0 Å². The van der Waals surface area contributed by atoms with Crippen molar-refractivity contribution in [2.75, 3.05) is 13.2 Å². The van der Waals surface area contributed by atoms with Crippen molar-refractivity contribution in [1.29, 1.82) is 0 Å². The molecule has 0 spiro atoms. The second-order valence-corrected chi connectivity index (χ2v) is 5.54. The van der Waals surface area contributed by atoms with E-state index in [4.69, 9.17) is 0 Å². The highest BCUT2D eigenvalue weighted by Gasteiger charge is 2.20. The summed E-state index contributed by atoms with van der Waals surface area (Å²) in [6.07, 6.45) is 6.68. The van der Waals surface area contributed by atoms with Gasteiger partial charge in [0.1, 0.15) is 0 Å². The molecule has 1 unspecified atom stereocenters. The number of aliphatic hydroxyl groups is 1. The van der Waals surface area contributed by atoms with E-state index in [0.29, 0.717) is 6.04 Å². The van der Waals surface area contributed by atoms with Gasteiger partial charge in [-0.3, -0.25) is 9.88 Å². The van der Waals surface area contributed by atoms with E-state index in [9.17, 15) is 5.11 Å². The number of hydrogen-bond acceptors (Lipinski definition) is 3. The Labute approximate surface area is 111 Å². The maximum Gasteiger partial charge on any atom is 0.0587 e. The summed E-state index contributed by atoms with van der Waals surface area (Å²) in [6, 6.07) is 4.38. The van der Waals surface area contributed by atoms with Crippen LogP contribution in [0.25, 0.3) is 0 Å². The number of hydrogen-bond donors (Lipinski definition) is 1. The molecule has 0 amide bonds. The lowest BCUT2D eigenvalue weighted by atomic mass is 10.1. The lowest BCUT2D eigenvalue weighted by Crippen LogP contribution is -2.37. The van der Waals surface area contributed by atoms with Crippen LogP contribution in [0.1, 0.15) is 31.4 Å². The lowest BCUT2D eigenvalue weighted by Gasteiger charge is -2.27. The van der Waals surface area contributed by atoms with Crippen molar-refractivity contribution in [2.45, 2.75) is 38.3 Å². The summed E-state index contributed by atoms with van der Waals surface area (Å²) in [5, 5.41) is 9.44. The number of halogens is 1. The molecule has 0 aliphatic carbocycles. The topological polar surface area (TPSA) is 36.4 Å². The Morgan fingerprint density at radius 2 is 2.24 bits per heavy atom. The van der Waals surface area contributed by atoms with Crippen LogP contribution in [-0.4, -0.2) is 34.2 Å². The number of rotatable bonds is 3. The first kappa shape index (κ1) is 13.0. The third-order valence-corrected chi connectivity index (χ3v) is 3.83.